The molecule has 2 atom stereocenters. The Morgan fingerprint density at radius 1 is 1.22 bits per heavy atom. The number of rotatable bonds is 10. The number of allylic oxidation sites excluding steroid dienone is 2. The van der Waals surface area contributed by atoms with Crippen molar-refractivity contribution >= 4 is 17.4 Å². The SMILES string of the molecule is C/C(=C\COPP)CC/C=C(\C)COCC(C)C. The molecule has 0 aromatic heterocycles. The van der Waals surface area contributed by atoms with Gasteiger partial charge in [-0.05, 0) is 32.6 Å². The summed E-state index contributed by atoms with van der Waals surface area (Å²) in [6.07, 6.45) is 6.62. The van der Waals surface area contributed by atoms with E-state index in [4.69, 9.17) is 9.26 Å². The Morgan fingerprint density at radius 3 is 2.56 bits per heavy atom. The van der Waals surface area contributed by atoms with E-state index in [-0.39, 0.29) is 0 Å². The fraction of sp³-hybridized carbons (Fsp3) is 0.714. The summed E-state index contributed by atoms with van der Waals surface area (Å²) >= 11 is 0. The summed E-state index contributed by atoms with van der Waals surface area (Å²) in [5, 5.41) is 0. The molecule has 18 heavy (non-hydrogen) atoms. The van der Waals surface area contributed by atoms with Crippen molar-refractivity contribution in [3.8, 4) is 0 Å². The van der Waals surface area contributed by atoms with Gasteiger partial charge in [0.15, 0.2) is 0 Å². The van der Waals surface area contributed by atoms with Gasteiger partial charge in [0.25, 0.3) is 0 Å². The predicted octanol–water partition coefficient (Wildman–Crippen LogP) is 4.73. The second-order valence-electron chi connectivity index (χ2n) is 4.98. The Labute approximate surface area is 117 Å². The van der Waals surface area contributed by atoms with Gasteiger partial charge < -0.3 is 9.26 Å². The van der Waals surface area contributed by atoms with E-state index in [1.54, 1.807) is 0 Å². The summed E-state index contributed by atoms with van der Waals surface area (Å²) in [6, 6.07) is 0. The van der Waals surface area contributed by atoms with E-state index in [2.05, 4.69) is 48.8 Å². The molecule has 0 spiro atoms. The van der Waals surface area contributed by atoms with Gasteiger partial charge in [-0.25, -0.2) is 0 Å². The topological polar surface area (TPSA) is 18.5 Å². The molecule has 0 heterocycles. The van der Waals surface area contributed by atoms with Crippen molar-refractivity contribution in [2.45, 2.75) is 40.5 Å². The van der Waals surface area contributed by atoms with Crippen LogP contribution in [0.2, 0.25) is 0 Å². The largest absolute Gasteiger partial charge is 0.377 e. The molecule has 106 valence electrons. The van der Waals surface area contributed by atoms with E-state index < -0.39 is 0 Å². The zero-order valence-corrected chi connectivity index (χ0v) is 14.3. The third kappa shape index (κ3) is 12.7. The van der Waals surface area contributed by atoms with Crippen molar-refractivity contribution in [1.29, 1.82) is 0 Å². The van der Waals surface area contributed by atoms with Gasteiger partial charge in [0.1, 0.15) is 0 Å². The number of ether oxygens (including phenoxy) is 1. The summed E-state index contributed by atoms with van der Waals surface area (Å²) in [7, 11) is 3.08. The predicted molar refractivity (Wildman–Crippen MR) is 86.4 cm³/mol. The van der Waals surface area contributed by atoms with Crippen LogP contribution < -0.4 is 0 Å². The van der Waals surface area contributed by atoms with Crippen molar-refractivity contribution in [3.63, 3.8) is 0 Å². The van der Waals surface area contributed by atoms with E-state index in [0.717, 1.165) is 32.7 Å². The smallest absolute Gasteiger partial charge is 0.0693 e. The van der Waals surface area contributed by atoms with Gasteiger partial charge in [-0.3, -0.25) is 0 Å². The lowest BCUT2D eigenvalue weighted by Gasteiger charge is -2.07. The Bertz CT molecular complexity index is 261. The van der Waals surface area contributed by atoms with Crippen LogP contribution in [0.25, 0.3) is 0 Å². The highest BCUT2D eigenvalue weighted by atomic mass is 32.0. The molecule has 0 aromatic rings. The van der Waals surface area contributed by atoms with Crippen molar-refractivity contribution in [1.82, 2.24) is 0 Å². The van der Waals surface area contributed by atoms with Crippen LogP contribution in [0.3, 0.4) is 0 Å². The molecule has 0 aromatic carbocycles. The maximum Gasteiger partial charge on any atom is 0.0693 e. The fourth-order valence-corrected chi connectivity index (χ4v) is 1.86. The quantitative estimate of drug-likeness (QED) is 0.329. The van der Waals surface area contributed by atoms with Crippen LogP contribution in [0.1, 0.15) is 40.5 Å². The Morgan fingerprint density at radius 2 is 1.94 bits per heavy atom. The lowest BCUT2D eigenvalue weighted by atomic mass is 10.1. The molecule has 0 rings (SSSR count). The normalized spacial score (nSPS) is 14.1. The van der Waals surface area contributed by atoms with E-state index in [9.17, 15) is 0 Å². The first kappa shape index (κ1) is 18.3. The van der Waals surface area contributed by atoms with Crippen LogP contribution in [0, 0.1) is 5.92 Å². The van der Waals surface area contributed by atoms with Gasteiger partial charge in [0.2, 0.25) is 0 Å². The van der Waals surface area contributed by atoms with Gasteiger partial charge in [0, 0.05) is 15.1 Å². The van der Waals surface area contributed by atoms with Crippen LogP contribution in [0.15, 0.2) is 23.3 Å². The van der Waals surface area contributed by atoms with Crippen LogP contribution in [0.5, 0.6) is 0 Å². The standard InChI is InChI=1S/C14H28O2P2/c1-12(2)10-15-11-14(4)7-5-6-13(3)8-9-16-18-17/h7-8,12,18H,5-6,9-11,17H2,1-4H3/b13-8+,14-7+. The highest BCUT2D eigenvalue weighted by molar-refractivity contribution is 8.00. The van der Waals surface area contributed by atoms with Crippen molar-refractivity contribution < 1.29 is 9.26 Å². The van der Waals surface area contributed by atoms with Crippen molar-refractivity contribution in [2.24, 2.45) is 5.92 Å². The average Bonchev–Trinajstić information content (AvgIpc) is 2.29. The molecule has 0 radical (unpaired) electrons. The molecule has 0 aliphatic carbocycles. The molecule has 0 bridgehead atoms. The molecule has 0 saturated heterocycles. The molecule has 0 aliphatic rings. The number of hydrogen-bond donors (Lipinski definition) is 0. The van der Waals surface area contributed by atoms with Crippen molar-refractivity contribution in [3.05, 3.63) is 23.3 Å². The van der Waals surface area contributed by atoms with Gasteiger partial charge >= 0.3 is 0 Å². The van der Waals surface area contributed by atoms with E-state index in [0.29, 0.717) is 14.4 Å². The first-order valence-electron chi connectivity index (χ1n) is 6.52. The average molecular weight is 290 g/mol. The van der Waals surface area contributed by atoms with Gasteiger partial charge in [-0.1, -0.05) is 46.1 Å². The highest BCUT2D eigenvalue weighted by Crippen LogP contribution is 2.21. The molecular weight excluding hydrogens is 262 g/mol. The van der Waals surface area contributed by atoms with Crippen LogP contribution in [-0.2, 0) is 9.26 Å². The Hall–Kier alpha value is 0.260. The van der Waals surface area contributed by atoms with Gasteiger partial charge in [-0.15, -0.1) is 0 Å². The van der Waals surface area contributed by atoms with Gasteiger partial charge in [0.05, 0.1) is 13.2 Å². The fourth-order valence-electron chi connectivity index (χ4n) is 1.39. The zero-order valence-electron chi connectivity index (χ0n) is 12.2. The zero-order chi connectivity index (χ0) is 13.8. The molecule has 4 heteroatoms. The molecule has 0 N–H and O–H groups in total. The van der Waals surface area contributed by atoms with Crippen LogP contribution in [-0.4, -0.2) is 19.8 Å². The minimum atomic E-state index is 0.497. The minimum absolute atomic E-state index is 0.497. The number of hydrogen-bond acceptors (Lipinski definition) is 2. The first-order valence-corrected chi connectivity index (χ1v) is 9.24. The lowest BCUT2D eigenvalue weighted by Crippen LogP contribution is -2.03. The third-order valence-corrected chi connectivity index (χ3v) is 3.24. The molecule has 0 amide bonds. The lowest BCUT2D eigenvalue weighted by molar-refractivity contribution is 0.129. The Balaban J connectivity index is 3.69. The highest BCUT2D eigenvalue weighted by Gasteiger charge is 1.95. The summed E-state index contributed by atoms with van der Waals surface area (Å²) < 4.78 is 10.9. The molecule has 0 aliphatic heterocycles. The first-order chi connectivity index (χ1) is 8.56. The van der Waals surface area contributed by atoms with E-state index >= 15 is 0 Å². The van der Waals surface area contributed by atoms with Crippen molar-refractivity contribution in [2.75, 3.05) is 19.8 Å². The summed E-state index contributed by atoms with van der Waals surface area (Å²) in [6.45, 7) is 11.0. The van der Waals surface area contributed by atoms with E-state index in [1.807, 2.05) is 0 Å². The Kier molecular flexibility index (Phi) is 12.5. The minimum Gasteiger partial charge on any atom is -0.377 e. The maximum absolute atomic E-state index is 5.59. The maximum atomic E-state index is 5.59. The second kappa shape index (κ2) is 12.3. The molecule has 2 unspecified atom stereocenters. The molecular formula is C14H28O2P2. The van der Waals surface area contributed by atoms with Gasteiger partial charge in [-0.2, -0.15) is 0 Å². The molecule has 0 fully saturated rings. The summed E-state index contributed by atoms with van der Waals surface area (Å²) in [5.74, 6) is 0.611. The second-order valence-corrected chi connectivity index (χ2v) is 6.21. The molecule has 0 saturated carbocycles. The summed E-state index contributed by atoms with van der Waals surface area (Å²) in [4.78, 5) is 0. The third-order valence-electron chi connectivity index (χ3n) is 2.41. The molecule has 2 nitrogen and oxygen atoms in total. The van der Waals surface area contributed by atoms with E-state index in [1.165, 1.54) is 11.1 Å². The van der Waals surface area contributed by atoms with Crippen LogP contribution >= 0.6 is 17.4 Å². The van der Waals surface area contributed by atoms with Crippen LogP contribution in [0.4, 0.5) is 0 Å². The summed E-state index contributed by atoms with van der Waals surface area (Å²) in [5.41, 5.74) is 2.72. The monoisotopic (exact) mass is 290 g/mol.